The Morgan fingerprint density at radius 1 is 1.00 bits per heavy atom. The molecule has 0 unspecified atom stereocenters. The Morgan fingerprint density at radius 2 is 1.84 bits per heavy atom. The molecule has 0 radical (unpaired) electrons. The second-order valence-electron chi connectivity index (χ2n) is 7.54. The fourth-order valence-electron chi connectivity index (χ4n) is 3.88. The quantitative estimate of drug-likeness (QED) is 0.468. The van der Waals surface area contributed by atoms with Crippen molar-refractivity contribution in [3.63, 3.8) is 0 Å². The number of piperazine rings is 1. The number of carbonyl (C=O) groups is 1. The third kappa shape index (κ3) is 4.50. The Bertz CT molecular complexity index is 1160. The van der Waals surface area contributed by atoms with Crippen molar-refractivity contribution in [2.24, 2.45) is 0 Å². The molecule has 1 aliphatic heterocycles. The molecule has 5 rings (SSSR count). The van der Waals surface area contributed by atoms with Crippen LogP contribution in [0.5, 0.6) is 0 Å². The van der Waals surface area contributed by atoms with Gasteiger partial charge in [0.2, 0.25) is 5.91 Å². The predicted octanol–water partition coefficient (Wildman–Crippen LogP) is 3.65. The molecule has 2 aromatic heterocycles. The summed E-state index contributed by atoms with van der Waals surface area (Å²) in [5.41, 5.74) is 2.11. The van der Waals surface area contributed by atoms with E-state index in [9.17, 15) is 4.79 Å². The minimum atomic E-state index is 0.106. The predicted molar refractivity (Wildman–Crippen MR) is 121 cm³/mol. The minimum absolute atomic E-state index is 0.106. The Kier molecular flexibility index (Phi) is 5.73. The average molecular weight is 434 g/mol. The molecule has 0 bridgehead atoms. The van der Waals surface area contributed by atoms with E-state index in [1.165, 1.54) is 28.1 Å². The van der Waals surface area contributed by atoms with Crippen LogP contribution in [0.1, 0.15) is 5.56 Å². The highest BCUT2D eigenvalue weighted by Crippen LogP contribution is 2.23. The minimum Gasteiger partial charge on any atom is -0.410 e. The van der Waals surface area contributed by atoms with Crippen LogP contribution in [0.3, 0.4) is 0 Å². The second kappa shape index (κ2) is 8.95. The molecule has 31 heavy (non-hydrogen) atoms. The van der Waals surface area contributed by atoms with Crippen molar-refractivity contribution in [1.29, 1.82) is 0 Å². The summed E-state index contributed by atoms with van der Waals surface area (Å²) in [5, 5.41) is 11.0. The van der Waals surface area contributed by atoms with Gasteiger partial charge in [-0.25, -0.2) is 0 Å². The topological polar surface area (TPSA) is 78.3 Å². The Hall–Kier alpha value is -3.10. The summed E-state index contributed by atoms with van der Waals surface area (Å²) in [6, 6.07) is 18.7. The first-order chi connectivity index (χ1) is 15.3. The van der Waals surface area contributed by atoms with Crippen molar-refractivity contribution in [3.05, 3.63) is 66.4 Å². The summed E-state index contributed by atoms with van der Waals surface area (Å²) >= 11 is 1.29. The zero-order valence-corrected chi connectivity index (χ0v) is 17.8. The fourth-order valence-corrected chi connectivity index (χ4v) is 4.55. The van der Waals surface area contributed by atoms with Gasteiger partial charge in [-0.3, -0.25) is 9.69 Å². The van der Waals surface area contributed by atoms with Crippen LogP contribution >= 0.6 is 11.8 Å². The number of nitrogens with one attached hydrogen (secondary N) is 1. The maximum absolute atomic E-state index is 12.6. The van der Waals surface area contributed by atoms with Crippen LogP contribution in [0.4, 0.5) is 0 Å². The summed E-state index contributed by atoms with van der Waals surface area (Å²) in [4.78, 5) is 20.0. The molecule has 1 amide bonds. The van der Waals surface area contributed by atoms with Crippen LogP contribution in [0.2, 0.25) is 0 Å². The summed E-state index contributed by atoms with van der Waals surface area (Å²) in [6.07, 6.45) is 1.80. The molecule has 3 heterocycles. The zero-order chi connectivity index (χ0) is 21.0. The van der Waals surface area contributed by atoms with E-state index in [0.717, 1.165) is 38.4 Å². The number of carbonyl (C=O) groups excluding carboxylic acids is 1. The van der Waals surface area contributed by atoms with E-state index in [4.69, 9.17) is 4.42 Å². The van der Waals surface area contributed by atoms with Gasteiger partial charge in [-0.05, 0) is 28.5 Å². The smallest absolute Gasteiger partial charge is 0.277 e. The first-order valence-corrected chi connectivity index (χ1v) is 11.3. The van der Waals surface area contributed by atoms with E-state index >= 15 is 0 Å². The van der Waals surface area contributed by atoms with Gasteiger partial charge < -0.3 is 14.3 Å². The van der Waals surface area contributed by atoms with E-state index in [-0.39, 0.29) is 5.91 Å². The number of aromatic amines is 1. The zero-order valence-electron chi connectivity index (χ0n) is 17.0. The van der Waals surface area contributed by atoms with E-state index < -0.39 is 0 Å². The molecule has 0 atom stereocenters. The fraction of sp³-hybridized carbons (Fsp3) is 0.261. The van der Waals surface area contributed by atoms with Gasteiger partial charge in [-0.1, -0.05) is 54.2 Å². The molecule has 0 aliphatic carbocycles. The van der Waals surface area contributed by atoms with E-state index in [1.807, 2.05) is 17.0 Å². The highest BCUT2D eigenvalue weighted by Gasteiger charge is 2.22. The normalized spacial score (nSPS) is 14.9. The molecule has 158 valence electrons. The summed E-state index contributed by atoms with van der Waals surface area (Å²) in [7, 11) is 0. The lowest BCUT2D eigenvalue weighted by Gasteiger charge is -2.34. The third-order valence-corrected chi connectivity index (χ3v) is 6.36. The SMILES string of the molecule is O=C(CSc1nnc(-c2ccc[nH]2)o1)N1CCN(Cc2cccc3ccccc23)CC1. The van der Waals surface area contributed by atoms with Crippen molar-refractivity contribution in [1.82, 2.24) is 25.0 Å². The van der Waals surface area contributed by atoms with Gasteiger partial charge in [0.15, 0.2) is 0 Å². The molecule has 8 heteroatoms. The lowest BCUT2D eigenvalue weighted by Crippen LogP contribution is -2.48. The Balaban J connectivity index is 1.12. The second-order valence-corrected chi connectivity index (χ2v) is 8.47. The number of aromatic nitrogens is 3. The maximum atomic E-state index is 12.6. The number of H-pyrrole nitrogens is 1. The van der Waals surface area contributed by atoms with Crippen LogP contribution in [-0.4, -0.2) is 62.8 Å². The van der Waals surface area contributed by atoms with Crippen LogP contribution in [0.25, 0.3) is 22.4 Å². The molecule has 1 aliphatic rings. The lowest BCUT2D eigenvalue weighted by molar-refractivity contribution is -0.130. The lowest BCUT2D eigenvalue weighted by atomic mass is 10.0. The molecule has 0 spiro atoms. The number of thioether (sulfide) groups is 1. The molecule has 1 saturated heterocycles. The number of hydrogen-bond donors (Lipinski definition) is 1. The third-order valence-electron chi connectivity index (χ3n) is 5.55. The summed E-state index contributed by atoms with van der Waals surface area (Å²) < 4.78 is 5.61. The molecule has 0 saturated carbocycles. The van der Waals surface area contributed by atoms with Gasteiger partial charge in [-0.2, -0.15) is 0 Å². The van der Waals surface area contributed by atoms with Crippen molar-refractivity contribution in [2.75, 3.05) is 31.9 Å². The first kappa shape index (κ1) is 19.8. The molecule has 1 fully saturated rings. The number of benzene rings is 2. The van der Waals surface area contributed by atoms with E-state index in [2.05, 4.69) is 62.5 Å². The van der Waals surface area contributed by atoms with Gasteiger partial charge >= 0.3 is 0 Å². The first-order valence-electron chi connectivity index (χ1n) is 10.3. The van der Waals surface area contributed by atoms with Crippen molar-refractivity contribution in [2.45, 2.75) is 11.8 Å². The van der Waals surface area contributed by atoms with Crippen LogP contribution in [-0.2, 0) is 11.3 Å². The van der Waals surface area contributed by atoms with Crippen LogP contribution < -0.4 is 0 Å². The molecule has 4 aromatic rings. The van der Waals surface area contributed by atoms with Crippen molar-refractivity contribution < 1.29 is 9.21 Å². The van der Waals surface area contributed by atoms with Crippen molar-refractivity contribution in [3.8, 4) is 11.6 Å². The van der Waals surface area contributed by atoms with Gasteiger partial charge in [0.1, 0.15) is 5.69 Å². The van der Waals surface area contributed by atoms with Gasteiger partial charge in [0.25, 0.3) is 11.1 Å². The Labute approximate surface area is 184 Å². The highest BCUT2D eigenvalue weighted by molar-refractivity contribution is 7.99. The Morgan fingerprint density at radius 3 is 2.68 bits per heavy atom. The van der Waals surface area contributed by atoms with Gasteiger partial charge in [-0.15, -0.1) is 10.2 Å². The van der Waals surface area contributed by atoms with Gasteiger partial charge in [0.05, 0.1) is 5.75 Å². The number of nitrogens with zero attached hydrogens (tertiary/aromatic N) is 4. The van der Waals surface area contributed by atoms with Crippen LogP contribution in [0, 0.1) is 0 Å². The molecule has 7 nitrogen and oxygen atoms in total. The summed E-state index contributed by atoms with van der Waals surface area (Å²) in [5.74, 6) is 0.840. The molecule has 1 N–H and O–H groups in total. The number of hydrogen-bond acceptors (Lipinski definition) is 6. The number of amides is 1. The van der Waals surface area contributed by atoms with Crippen molar-refractivity contribution >= 4 is 28.4 Å². The number of fused-ring (bicyclic) bond motifs is 1. The average Bonchev–Trinajstić information content (AvgIpc) is 3.50. The summed E-state index contributed by atoms with van der Waals surface area (Å²) in [6.45, 7) is 4.12. The van der Waals surface area contributed by atoms with E-state index in [0.29, 0.717) is 16.9 Å². The number of rotatable bonds is 6. The van der Waals surface area contributed by atoms with Crippen LogP contribution in [0.15, 0.2) is 70.4 Å². The molecule has 2 aromatic carbocycles. The monoisotopic (exact) mass is 433 g/mol. The standard InChI is InChI=1S/C23H23N5O2S/c29-21(16-31-23-26-25-22(30-23)20-9-4-10-24-20)28-13-11-27(12-14-28)15-18-7-3-6-17-5-1-2-8-19(17)18/h1-10,24H,11-16H2. The maximum Gasteiger partial charge on any atom is 0.277 e. The molecular weight excluding hydrogens is 410 g/mol. The molecular formula is C23H23N5O2S. The largest absolute Gasteiger partial charge is 0.410 e. The van der Waals surface area contributed by atoms with Gasteiger partial charge in [0, 0.05) is 38.9 Å². The van der Waals surface area contributed by atoms with E-state index in [1.54, 1.807) is 6.20 Å². The highest BCUT2D eigenvalue weighted by atomic mass is 32.2.